The van der Waals surface area contributed by atoms with E-state index in [1.807, 2.05) is 0 Å². The zero-order valence-electron chi connectivity index (χ0n) is 13.4. The second-order valence-electron chi connectivity index (χ2n) is 5.47. The van der Waals surface area contributed by atoms with Gasteiger partial charge in [-0.15, -0.1) is 0 Å². The molecule has 26 heavy (non-hydrogen) atoms. The zero-order chi connectivity index (χ0) is 18.8. The highest BCUT2D eigenvalue weighted by Crippen LogP contribution is 2.25. The Morgan fingerprint density at radius 2 is 1.73 bits per heavy atom. The van der Waals surface area contributed by atoms with Crippen molar-refractivity contribution >= 4 is 51.8 Å². The molecule has 1 aromatic heterocycles. The van der Waals surface area contributed by atoms with Gasteiger partial charge in [0.2, 0.25) is 0 Å². The molecule has 134 valence electrons. The first-order valence-corrected chi connectivity index (χ1v) is 8.28. The number of H-pyrrole nitrogens is 2. The first-order chi connectivity index (χ1) is 12.3. The lowest BCUT2D eigenvalue weighted by Gasteiger charge is -2.14. The largest absolute Gasteiger partial charge is 0.449 e. The van der Waals surface area contributed by atoms with E-state index in [1.165, 1.54) is 19.1 Å². The van der Waals surface area contributed by atoms with Crippen molar-refractivity contribution in [3.05, 3.63) is 62.5 Å². The summed E-state index contributed by atoms with van der Waals surface area (Å²) in [6.45, 7) is 1.43. The number of aromatic amines is 2. The molecule has 0 spiro atoms. The second kappa shape index (κ2) is 7.23. The Kier molecular flexibility index (Phi) is 5.01. The fraction of sp³-hybridized carbons (Fsp3) is 0.118. The standard InChI is InChI=1S/C17H13Cl2N3O4/c1-8(26-16(24)14-10(18)3-2-4-11(14)19)15(23)20-9-5-6-12-13(7-9)22-17(25)21-12/h2-8H,1H3,(H,20,23)(H2,21,22,25)/t8-/m1/s1. The summed E-state index contributed by atoms with van der Waals surface area (Å²) in [6, 6.07) is 9.44. The number of rotatable bonds is 4. The van der Waals surface area contributed by atoms with Gasteiger partial charge in [-0.1, -0.05) is 29.3 Å². The molecule has 0 radical (unpaired) electrons. The first-order valence-electron chi connectivity index (χ1n) is 7.53. The van der Waals surface area contributed by atoms with Crippen LogP contribution in [0.15, 0.2) is 41.2 Å². The lowest BCUT2D eigenvalue weighted by atomic mass is 10.2. The van der Waals surface area contributed by atoms with Crippen LogP contribution in [0, 0.1) is 0 Å². The number of hydrogen-bond acceptors (Lipinski definition) is 4. The van der Waals surface area contributed by atoms with Crippen molar-refractivity contribution in [2.45, 2.75) is 13.0 Å². The van der Waals surface area contributed by atoms with Crippen molar-refractivity contribution < 1.29 is 14.3 Å². The molecule has 0 aliphatic rings. The number of anilines is 1. The monoisotopic (exact) mass is 393 g/mol. The van der Waals surface area contributed by atoms with E-state index < -0.39 is 18.0 Å². The number of esters is 1. The third-order valence-corrected chi connectivity index (χ3v) is 4.23. The van der Waals surface area contributed by atoms with Crippen LogP contribution < -0.4 is 11.0 Å². The van der Waals surface area contributed by atoms with Gasteiger partial charge < -0.3 is 20.0 Å². The van der Waals surface area contributed by atoms with Gasteiger partial charge in [0, 0.05) is 5.69 Å². The minimum atomic E-state index is -1.09. The number of ether oxygens (including phenoxy) is 1. The Labute approximate surface area is 157 Å². The SMILES string of the molecule is C[C@@H](OC(=O)c1c(Cl)cccc1Cl)C(=O)Nc1ccc2[nH]c(=O)[nH]c2c1. The predicted octanol–water partition coefficient (Wildman–Crippen LogP) is 3.35. The van der Waals surface area contributed by atoms with Crippen LogP contribution in [-0.4, -0.2) is 27.9 Å². The lowest BCUT2D eigenvalue weighted by molar-refractivity contribution is -0.123. The minimum Gasteiger partial charge on any atom is -0.449 e. The normalized spacial score (nSPS) is 12.0. The first kappa shape index (κ1) is 18.0. The van der Waals surface area contributed by atoms with E-state index >= 15 is 0 Å². The Bertz CT molecular complexity index is 1040. The summed E-state index contributed by atoms with van der Waals surface area (Å²) in [5.74, 6) is -1.34. The molecule has 0 saturated heterocycles. The van der Waals surface area contributed by atoms with Gasteiger partial charge in [-0.2, -0.15) is 0 Å². The van der Waals surface area contributed by atoms with Gasteiger partial charge in [0.15, 0.2) is 6.10 Å². The van der Waals surface area contributed by atoms with Gasteiger partial charge in [0.05, 0.1) is 26.6 Å². The predicted molar refractivity (Wildman–Crippen MR) is 98.9 cm³/mol. The maximum absolute atomic E-state index is 12.3. The van der Waals surface area contributed by atoms with Crippen LogP contribution in [0.4, 0.5) is 5.69 Å². The van der Waals surface area contributed by atoms with Crippen molar-refractivity contribution in [2.75, 3.05) is 5.32 Å². The topological polar surface area (TPSA) is 104 Å². The highest BCUT2D eigenvalue weighted by atomic mass is 35.5. The number of benzene rings is 2. The number of imidazole rings is 1. The Hall–Kier alpha value is -2.77. The molecule has 0 unspecified atom stereocenters. The summed E-state index contributed by atoms with van der Waals surface area (Å²) in [5.41, 5.74) is 1.25. The van der Waals surface area contributed by atoms with Gasteiger partial charge in [0.1, 0.15) is 0 Å². The van der Waals surface area contributed by atoms with Gasteiger partial charge in [-0.25, -0.2) is 9.59 Å². The van der Waals surface area contributed by atoms with Crippen LogP contribution in [0.3, 0.4) is 0 Å². The Morgan fingerprint density at radius 3 is 2.42 bits per heavy atom. The van der Waals surface area contributed by atoms with Crippen LogP contribution in [0.1, 0.15) is 17.3 Å². The number of carbonyl (C=O) groups is 2. The van der Waals surface area contributed by atoms with E-state index in [1.54, 1.807) is 24.3 Å². The number of amides is 1. The molecule has 1 atom stereocenters. The summed E-state index contributed by atoms with van der Waals surface area (Å²) >= 11 is 11.9. The number of nitrogens with one attached hydrogen (secondary N) is 3. The van der Waals surface area contributed by atoms with Crippen LogP contribution in [0.2, 0.25) is 10.0 Å². The zero-order valence-corrected chi connectivity index (χ0v) is 14.9. The molecule has 3 aromatic rings. The van der Waals surface area contributed by atoms with E-state index in [4.69, 9.17) is 27.9 Å². The molecule has 0 bridgehead atoms. The molecule has 0 fully saturated rings. The molecule has 1 heterocycles. The van der Waals surface area contributed by atoms with Crippen LogP contribution in [-0.2, 0) is 9.53 Å². The third kappa shape index (κ3) is 3.74. The highest BCUT2D eigenvalue weighted by Gasteiger charge is 2.22. The smallest absolute Gasteiger partial charge is 0.341 e. The number of carbonyl (C=O) groups excluding carboxylic acids is 2. The second-order valence-corrected chi connectivity index (χ2v) is 6.29. The van der Waals surface area contributed by atoms with Crippen molar-refractivity contribution in [1.29, 1.82) is 0 Å². The summed E-state index contributed by atoms with van der Waals surface area (Å²) in [4.78, 5) is 40.9. The highest BCUT2D eigenvalue weighted by molar-refractivity contribution is 6.39. The molecule has 0 aliphatic heterocycles. The van der Waals surface area contributed by atoms with Gasteiger partial charge >= 0.3 is 11.7 Å². The van der Waals surface area contributed by atoms with Gasteiger partial charge in [-0.3, -0.25) is 4.79 Å². The van der Waals surface area contributed by atoms with E-state index in [0.29, 0.717) is 16.7 Å². The average Bonchev–Trinajstić information content (AvgIpc) is 2.93. The molecular formula is C17H13Cl2N3O4. The van der Waals surface area contributed by atoms with Crippen LogP contribution >= 0.6 is 23.2 Å². The molecule has 3 N–H and O–H groups in total. The maximum Gasteiger partial charge on any atom is 0.341 e. The minimum absolute atomic E-state index is 0.00167. The Morgan fingerprint density at radius 1 is 1.08 bits per heavy atom. The summed E-state index contributed by atoms with van der Waals surface area (Å²) in [5, 5.41) is 2.88. The number of fused-ring (bicyclic) bond motifs is 1. The third-order valence-electron chi connectivity index (χ3n) is 3.60. The molecular weight excluding hydrogens is 381 g/mol. The number of hydrogen-bond donors (Lipinski definition) is 3. The van der Waals surface area contributed by atoms with Crippen molar-refractivity contribution in [3.8, 4) is 0 Å². The molecule has 9 heteroatoms. The van der Waals surface area contributed by atoms with Crippen molar-refractivity contribution in [2.24, 2.45) is 0 Å². The average molecular weight is 394 g/mol. The summed E-state index contributed by atoms with van der Waals surface area (Å²) in [6.07, 6.45) is -1.09. The molecule has 0 aliphatic carbocycles. The molecule has 7 nitrogen and oxygen atoms in total. The lowest BCUT2D eigenvalue weighted by Crippen LogP contribution is -2.30. The fourth-order valence-electron chi connectivity index (χ4n) is 2.32. The quantitative estimate of drug-likeness (QED) is 0.591. The number of aromatic nitrogens is 2. The van der Waals surface area contributed by atoms with E-state index in [0.717, 1.165) is 0 Å². The molecule has 2 aromatic carbocycles. The maximum atomic E-state index is 12.3. The van der Waals surface area contributed by atoms with E-state index in [2.05, 4.69) is 15.3 Å². The van der Waals surface area contributed by atoms with Gasteiger partial charge in [0.25, 0.3) is 5.91 Å². The number of halogens is 2. The van der Waals surface area contributed by atoms with Crippen LogP contribution in [0.5, 0.6) is 0 Å². The molecule has 0 saturated carbocycles. The van der Waals surface area contributed by atoms with E-state index in [9.17, 15) is 14.4 Å². The fourth-order valence-corrected chi connectivity index (χ4v) is 2.87. The molecule has 1 amide bonds. The van der Waals surface area contributed by atoms with Crippen LogP contribution in [0.25, 0.3) is 11.0 Å². The van der Waals surface area contributed by atoms with E-state index in [-0.39, 0.29) is 21.3 Å². The Balaban J connectivity index is 1.70. The van der Waals surface area contributed by atoms with Crippen molar-refractivity contribution in [1.82, 2.24) is 9.97 Å². The summed E-state index contributed by atoms with van der Waals surface area (Å²) < 4.78 is 5.14. The van der Waals surface area contributed by atoms with Gasteiger partial charge in [-0.05, 0) is 37.3 Å². The molecule has 3 rings (SSSR count). The van der Waals surface area contributed by atoms with Crippen molar-refractivity contribution in [3.63, 3.8) is 0 Å². The summed E-state index contributed by atoms with van der Waals surface area (Å²) in [7, 11) is 0.